The molecule has 23 heavy (non-hydrogen) atoms. The summed E-state index contributed by atoms with van der Waals surface area (Å²) in [6, 6.07) is 10.2. The largest absolute Gasteiger partial charge is 0.508 e. The molecule has 0 unspecified atom stereocenters. The second kappa shape index (κ2) is 8.89. The van der Waals surface area contributed by atoms with Crippen LogP contribution >= 0.6 is 23.2 Å². The average Bonchev–Trinajstić information content (AvgIpc) is 2.48. The molecule has 0 aliphatic rings. The maximum atomic E-state index is 11.2. The SMILES string of the molecule is CCOC(=O)c1ccc(O)cc1Cl.N#Cc1ccc(O)cc1Cl. The van der Waals surface area contributed by atoms with Gasteiger partial charge in [-0.2, -0.15) is 5.26 Å². The molecule has 120 valence electrons. The molecular weight excluding hydrogens is 341 g/mol. The van der Waals surface area contributed by atoms with E-state index in [1.807, 2.05) is 6.07 Å². The molecule has 2 N–H and O–H groups in total. The molecule has 0 radical (unpaired) electrons. The Kier molecular flexibility index (Phi) is 7.20. The topological polar surface area (TPSA) is 90.5 Å². The monoisotopic (exact) mass is 353 g/mol. The minimum Gasteiger partial charge on any atom is -0.508 e. The first-order valence-electron chi connectivity index (χ1n) is 6.43. The molecule has 0 heterocycles. The van der Waals surface area contributed by atoms with Crippen LogP contribution in [0.3, 0.4) is 0 Å². The summed E-state index contributed by atoms with van der Waals surface area (Å²) >= 11 is 11.2. The first-order valence-corrected chi connectivity index (χ1v) is 7.18. The quantitative estimate of drug-likeness (QED) is 0.791. The van der Waals surface area contributed by atoms with Gasteiger partial charge in [0.1, 0.15) is 17.6 Å². The van der Waals surface area contributed by atoms with Crippen molar-refractivity contribution in [3.05, 3.63) is 57.6 Å². The van der Waals surface area contributed by atoms with E-state index in [1.54, 1.807) is 6.92 Å². The summed E-state index contributed by atoms with van der Waals surface area (Å²) in [6.45, 7) is 2.02. The van der Waals surface area contributed by atoms with Crippen molar-refractivity contribution >= 4 is 29.2 Å². The van der Waals surface area contributed by atoms with E-state index in [-0.39, 0.29) is 27.1 Å². The summed E-state index contributed by atoms with van der Waals surface area (Å²) < 4.78 is 4.74. The molecule has 0 amide bonds. The van der Waals surface area contributed by atoms with Gasteiger partial charge in [0, 0.05) is 0 Å². The fraction of sp³-hybridized carbons (Fsp3) is 0.125. The lowest BCUT2D eigenvalue weighted by Crippen LogP contribution is -2.04. The van der Waals surface area contributed by atoms with Crippen molar-refractivity contribution in [1.82, 2.24) is 0 Å². The van der Waals surface area contributed by atoms with Gasteiger partial charge in [0.15, 0.2) is 0 Å². The minimum atomic E-state index is -0.479. The van der Waals surface area contributed by atoms with E-state index in [1.165, 1.54) is 36.4 Å². The highest BCUT2D eigenvalue weighted by Gasteiger charge is 2.10. The minimum absolute atomic E-state index is 0.0260. The highest BCUT2D eigenvalue weighted by Crippen LogP contribution is 2.22. The van der Waals surface area contributed by atoms with Crippen molar-refractivity contribution < 1.29 is 19.7 Å². The second-order valence-corrected chi connectivity index (χ2v) is 4.97. The fourth-order valence-electron chi connectivity index (χ4n) is 1.47. The number of esters is 1. The maximum Gasteiger partial charge on any atom is 0.339 e. The van der Waals surface area contributed by atoms with E-state index in [0.717, 1.165) is 0 Å². The fourth-order valence-corrected chi connectivity index (χ4v) is 1.94. The number of nitriles is 1. The number of hydrogen-bond donors (Lipinski definition) is 2. The van der Waals surface area contributed by atoms with Crippen LogP contribution in [0.5, 0.6) is 11.5 Å². The number of phenolic OH excluding ortho intramolecular Hbond substituents is 2. The van der Waals surface area contributed by atoms with E-state index in [2.05, 4.69) is 0 Å². The molecule has 2 aromatic carbocycles. The van der Waals surface area contributed by atoms with Gasteiger partial charge in [-0.3, -0.25) is 0 Å². The zero-order valence-corrected chi connectivity index (χ0v) is 13.6. The molecule has 0 fully saturated rings. The van der Waals surface area contributed by atoms with Gasteiger partial charge in [0.2, 0.25) is 0 Å². The van der Waals surface area contributed by atoms with Crippen molar-refractivity contribution in [3.63, 3.8) is 0 Å². The Labute approximate surface area is 143 Å². The summed E-state index contributed by atoms with van der Waals surface area (Å²) in [7, 11) is 0. The van der Waals surface area contributed by atoms with Crippen molar-refractivity contribution in [3.8, 4) is 17.6 Å². The third-order valence-electron chi connectivity index (χ3n) is 2.52. The molecular formula is C16H13Cl2NO4. The normalized spacial score (nSPS) is 9.30. The summed E-state index contributed by atoms with van der Waals surface area (Å²) in [6.07, 6.45) is 0. The zero-order chi connectivity index (χ0) is 17.4. The van der Waals surface area contributed by atoms with Gasteiger partial charge in [0.25, 0.3) is 0 Å². The number of rotatable bonds is 2. The summed E-state index contributed by atoms with van der Waals surface area (Å²) in [5.74, 6) is -0.380. The summed E-state index contributed by atoms with van der Waals surface area (Å²) in [4.78, 5) is 11.2. The molecule has 5 nitrogen and oxygen atoms in total. The lowest BCUT2D eigenvalue weighted by molar-refractivity contribution is 0.0526. The van der Waals surface area contributed by atoms with Gasteiger partial charge >= 0.3 is 5.97 Å². The second-order valence-electron chi connectivity index (χ2n) is 4.16. The van der Waals surface area contributed by atoms with Gasteiger partial charge in [-0.05, 0) is 43.3 Å². The van der Waals surface area contributed by atoms with Crippen LogP contribution in [0.1, 0.15) is 22.8 Å². The van der Waals surface area contributed by atoms with Gasteiger partial charge in [-0.15, -0.1) is 0 Å². The number of aromatic hydroxyl groups is 2. The molecule has 0 atom stereocenters. The van der Waals surface area contributed by atoms with Crippen molar-refractivity contribution in [2.24, 2.45) is 0 Å². The number of halogens is 2. The number of carbonyl (C=O) groups excluding carboxylic acids is 1. The maximum absolute atomic E-state index is 11.2. The van der Waals surface area contributed by atoms with Crippen LogP contribution in [0.4, 0.5) is 0 Å². The Morgan fingerprint density at radius 3 is 2.17 bits per heavy atom. The lowest BCUT2D eigenvalue weighted by atomic mass is 10.2. The lowest BCUT2D eigenvalue weighted by Gasteiger charge is -2.03. The number of ether oxygens (including phenoxy) is 1. The Morgan fingerprint density at radius 2 is 1.70 bits per heavy atom. The molecule has 0 spiro atoms. The third-order valence-corrected chi connectivity index (χ3v) is 3.15. The average molecular weight is 354 g/mol. The Hall–Kier alpha value is -2.42. The first kappa shape index (κ1) is 18.6. The molecule has 2 aromatic rings. The number of phenols is 2. The number of benzene rings is 2. The van der Waals surface area contributed by atoms with Crippen LogP contribution in [0.15, 0.2) is 36.4 Å². The molecule has 0 aromatic heterocycles. The molecule has 2 rings (SSSR count). The molecule has 0 bridgehead atoms. The number of hydrogen-bond acceptors (Lipinski definition) is 5. The van der Waals surface area contributed by atoms with Crippen LogP contribution in [0, 0.1) is 11.3 Å². The van der Waals surface area contributed by atoms with E-state index in [4.69, 9.17) is 43.4 Å². The van der Waals surface area contributed by atoms with Crippen molar-refractivity contribution in [2.75, 3.05) is 6.61 Å². The van der Waals surface area contributed by atoms with Gasteiger partial charge in [0.05, 0.1) is 27.8 Å². The van der Waals surface area contributed by atoms with E-state index >= 15 is 0 Å². The van der Waals surface area contributed by atoms with E-state index < -0.39 is 5.97 Å². The summed E-state index contributed by atoms with van der Waals surface area (Å²) in [5.41, 5.74) is 0.640. The van der Waals surface area contributed by atoms with Gasteiger partial charge in [-0.25, -0.2) is 4.79 Å². The van der Waals surface area contributed by atoms with Crippen molar-refractivity contribution in [1.29, 1.82) is 5.26 Å². The van der Waals surface area contributed by atoms with E-state index in [9.17, 15) is 4.79 Å². The third kappa shape index (κ3) is 5.70. The Morgan fingerprint density at radius 1 is 1.13 bits per heavy atom. The molecule has 0 aliphatic carbocycles. The molecule has 7 heteroatoms. The van der Waals surface area contributed by atoms with Gasteiger partial charge in [-0.1, -0.05) is 23.2 Å². The molecule has 0 aliphatic heterocycles. The highest BCUT2D eigenvalue weighted by atomic mass is 35.5. The Bertz CT molecular complexity index is 741. The predicted octanol–water partition coefficient (Wildman–Crippen LogP) is 4.14. The first-order chi connectivity index (χ1) is 10.9. The van der Waals surface area contributed by atoms with Crippen LogP contribution in [-0.4, -0.2) is 22.8 Å². The predicted molar refractivity (Wildman–Crippen MR) is 86.9 cm³/mol. The van der Waals surface area contributed by atoms with Crippen LogP contribution < -0.4 is 0 Å². The smallest absolute Gasteiger partial charge is 0.339 e. The number of nitrogens with zero attached hydrogens (tertiary/aromatic N) is 1. The van der Waals surface area contributed by atoms with Crippen LogP contribution in [-0.2, 0) is 4.74 Å². The van der Waals surface area contributed by atoms with Crippen LogP contribution in [0.25, 0.3) is 0 Å². The number of carbonyl (C=O) groups is 1. The standard InChI is InChI=1S/C9H9ClO3.C7H4ClNO/c1-2-13-9(12)7-4-3-6(11)5-8(7)10;8-7-3-6(10)2-1-5(7)4-9/h3-5,11H,2H2,1H3;1-3,10H. The van der Waals surface area contributed by atoms with Crippen LogP contribution in [0.2, 0.25) is 10.0 Å². The van der Waals surface area contributed by atoms with Crippen molar-refractivity contribution in [2.45, 2.75) is 6.92 Å². The van der Waals surface area contributed by atoms with E-state index in [0.29, 0.717) is 12.2 Å². The zero-order valence-electron chi connectivity index (χ0n) is 12.1. The molecule has 0 saturated heterocycles. The Balaban J connectivity index is 0.000000238. The van der Waals surface area contributed by atoms with Gasteiger partial charge < -0.3 is 14.9 Å². The highest BCUT2D eigenvalue weighted by molar-refractivity contribution is 6.33. The molecule has 0 saturated carbocycles. The summed E-state index contributed by atoms with van der Waals surface area (Å²) in [5, 5.41) is 26.7.